The molecule has 2 rings (SSSR count). The van der Waals surface area contributed by atoms with Crippen LogP contribution in [0.4, 0.5) is 0 Å². The summed E-state index contributed by atoms with van der Waals surface area (Å²) in [5.41, 5.74) is 0.699. The molecule has 0 unspecified atom stereocenters. The van der Waals surface area contributed by atoms with Crippen molar-refractivity contribution >= 4 is 22.5 Å². The van der Waals surface area contributed by atoms with Crippen molar-refractivity contribution in [3.8, 4) is 11.6 Å². The van der Waals surface area contributed by atoms with E-state index in [1.807, 2.05) is 12.1 Å². The first-order chi connectivity index (χ1) is 8.24. The number of hydrogen-bond donors (Lipinski definition) is 1. The maximum absolute atomic E-state index is 8.69. The molecule has 0 fully saturated rings. The number of aromatic nitrogens is 1. The summed E-state index contributed by atoms with van der Waals surface area (Å²) in [6.07, 6.45) is 0. The molecule has 0 amide bonds. The third-order valence-electron chi connectivity index (χ3n) is 2.28. The van der Waals surface area contributed by atoms with Crippen LogP contribution < -0.4 is 9.47 Å². The first-order valence-corrected chi connectivity index (χ1v) is 5.50. The van der Waals surface area contributed by atoms with E-state index in [2.05, 4.69) is 4.98 Å². The molecule has 0 radical (unpaired) electrons. The van der Waals surface area contributed by atoms with E-state index in [1.165, 1.54) is 0 Å². The Hall–Kier alpha value is -1.52. The normalized spacial score (nSPS) is 10.5. The van der Waals surface area contributed by atoms with Crippen molar-refractivity contribution in [3.63, 3.8) is 0 Å². The van der Waals surface area contributed by atoms with Crippen LogP contribution in [0.5, 0.6) is 11.6 Å². The van der Waals surface area contributed by atoms with Crippen molar-refractivity contribution in [2.24, 2.45) is 0 Å². The Bertz CT molecular complexity index is 530. The van der Waals surface area contributed by atoms with E-state index in [0.717, 1.165) is 5.39 Å². The molecule has 0 aliphatic rings. The van der Waals surface area contributed by atoms with Crippen molar-refractivity contribution < 1.29 is 14.6 Å². The maximum Gasteiger partial charge on any atom is 0.215 e. The van der Waals surface area contributed by atoms with Crippen molar-refractivity contribution in [2.45, 2.75) is 0 Å². The summed E-state index contributed by atoms with van der Waals surface area (Å²) < 4.78 is 10.4. The predicted molar refractivity (Wildman–Crippen MR) is 65.9 cm³/mol. The Balaban J connectivity index is 2.46. The Morgan fingerprint density at radius 1 is 1.35 bits per heavy atom. The van der Waals surface area contributed by atoms with Gasteiger partial charge in [-0.2, -0.15) is 0 Å². The number of aliphatic hydroxyl groups excluding tert-OH is 1. The smallest absolute Gasteiger partial charge is 0.215 e. The van der Waals surface area contributed by atoms with Gasteiger partial charge in [0.2, 0.25) is 5.88 Å². The number of halogens is 1. The molecule has 1 N–H and O–H groups in total. The summed E-state index contributed by atoms with van der Waals surface area (Å²) >= 11 is 6.11. The summed E-state index contributed by atoms with van der Waals surface area (Å²) in [6, 6.07) is 7.09. The summed E-state index contributed by atoms with van der Waals surface area (Å²) in [6.45, 7) is 0.133. The molecule has 1 aromatic carbocycles. The largest absolute Gasteiger partial charge is 0.497 e. The van der Waals surface area contributed by atoms with E-state index in [9.17, 15) is 0 Å². The second-order valence-corrected chi connectivity index (χ2v) is 3.80. The van der Waals surface area contributed by atoms with Crippen molar-refractivity contribution in [2.75, 3.05) is 20.3 Å². The van der Waals surface area contributed by atoms with Gasteiger partial charge in [0, 0.05) is 17.5 Å². The second kappa shape index (κ2) is 5.21. The van der Waals surface area contributed by atoms with E-state index in [1.54, 1.807) is 19.2 Å². The van der Waals surface area contributed by atoms with Gasteiger partial charge in [0.15, 0.2) is 0 Å². The molecule has 5 heteroatoms. The Morgan fingerprint density at radius 3 is 2.88 bits per heavy atom. The summed E-state index contributed by atoms with van der Waals surface area (Å²) in [7, 11) is 1.59. The minimum atomic E-state index is -0.0601. The number of ether oxygens (including phenoxy) is 2. The number of pyridine rings is 1. The lowest BCUT2D eigenvalue weighted by atomic mass is 10.2. The maximum atomic E-state index is 8.69. The van der Waals surface area contributed by atoms with E-state index in [-0.39, 0.29) is 13.2 Å². The number of aliphatic hydroxyl groups is 1. The molecule has 1 heterocycles. The highest BCUT2D eigenvalue weighted by atomic mass is 35.5. The topological polar surface area (TPSA) is 51.6 Å². The minimum Gasteiger partial charge on any atom is -0.497 e. The number of methoxy groups -OCH3 is 1. The van der Waals surface area contributed by atoms with Gasteiger partial charge in [-0.3, -0.25) is 0 Å². The van der Waals surface area contributed by atoms with Gasteiger partial charge < -0.3 is 14.6 Å². The molecule has 90 valence electrons. The number of nitrogens with zero attached hydrogens (tertiary/aromatic N) is 1. The molecule has 17 heavy (non-hydrogen) atoms. The van der Waals surface area contributed by atoms with Crippen LogP contribution >= 0.6 is 11.6 Å². The lowest BCUT2D eigenvalue weighted by Gasteiger charge is -2.07. The SMILES string of the molecule is COc1ccc2c(Cl)cc(OCCO)nc2c1. The highest BCUT2D eigenvalue weighted by Gasteiger charge is 2.06. The lowest BCUT2D eigenvalue weighted by Crippen LogP contribution is -2.03. The standard InChI is InChI=1S/C12H12ClNO3/c1-16-8-2-3-9-10(13)7-12(17-5-4-15)14-11(9)6-8/h2-3,6-7,15H,4-5H2,1H3. The van der Waals surface area contributed by atoms with Gasteiger partial charge >= 0.3 is 0 Å². The van der Waals surface area contributed by atoms with Gasteiger partial charge in [-0.25, -0.2) is 4.98 Å². The fraction of sp³-hybridized carbons (Fsp3) is 0.250. The van der Waals surface area contributed by atoms with Crippen LogP contribution in [0.3, 0.4) is 0 Å². The molecule has 0 atom stereocenters. The Labute approximate surface area is 104 Å². The Morgan fingerprint density at radius 2 is 2.18 bits per heavy atom. The van der Waals surface area contributed by atoms with Gasteiger partial charge in [0.1, 0.15) is 12.4 Å². The lowest BCUT2D eigenvalue weighted by molar-refractivity contribution is 0.197. The molecule has 0 spiro atoms. The molecule has 0 aliphatic carbocycles. The first-order valence-electron chi connectivity index (χ1n) is 5.12. The van der Waals surface area contributed by atoms with Crippen LogP contribution in [0.25, 0.3) is 10.9 Å². The molecule has 0 aliphatic heterocycles. The molecule has 0 bridgehead atoms. The molecular weight excluding hydrogens is 242 g/mol. The fourth-order valence-electron chi connectivity index (χ4n) is 1.49. The first kappa shape index (κ1) is 12.0. The number of fused-ring (bicyclic) bond motifs is 1. The molecule has 0 saturated heterocycles. The molecule has 2 aromatic rings. The molecule has 4 nitrogen and oxygen atoms in total. The van der Waals surface area contributed by atoms with E-state index in [4.69, 9.17) is 26.2 Å². The predicted octanol–water partition coefficient (Wildman–Crippen LogP) is 2.27. The van der Waals surface area contributed by atoms with E-state index >= 15 is 0 Å². The van der Waals surface area contributed by atoms with E-state index in [0.29, 0.717) is 22.2 Å². The molecule has 1 aromatic heterocycles. The summed E-state index contributed by atoms with van der Waals surface area (Å²) in [5, 5.41) is 10.1. The highest BCUT2D eigenvalue weighted by molar-refractivity contribution is 6.35. The summed E-state index contributed by atoms with van der Waals surface area (Å²) in [5.74, 6) is 1.10. The fourth-order valence-corrected chi connectivity index (χ4v) is 1.75. The Kier molecular flexibility index (Phi) is 3.66. The number of benzene rings is 1. The van der Waals surface area contributed by atoms with Gasteiger partial charge in [0.25, 0.3) is 0 Å². The molecule has 0 saturated carbocycles. The third-order valence-corrected chi connectivity index (χ3v) is 2.60. The third kappa shape index (κ3) is 2.60. The zero-order valence-electron chi connectivity index (χ0n) is 9.31. The zero-order valence-corrected chi connectivity index (χ0v) is 10.1. The molecular formula is C12H12ClNO3. The van der Waals surface area contributed by atoms with Gasteiger partial charge in [-0.05, 0) is 12.1 Å². The van der Waals surface area contributed by atoms with Crippen LogP contribution in [-0.2, 0) is 0 Å². The second-order valence-electron chi connectivity index (χ2n) is 3.40. The average molecular weight is 254 g/mol. The van der Waals surface area contributed by atoms with Crippen LogP contribution in [0.2, 0.25) is 5.02 Å². The van der Waals surface area contributed by atoms with Crippen molar-refractivity contribution in [3.05, 3.63) is 29.3 Å². The van der Waals surface area contributed by atoms with Crippen LogP contribution in [0.15, 0.2) is 24.3 Å². The van der Waals surface area contributed by atoms with Gasteiger partial charge in [-0.15, -0.1) is 0 Å². The number of hydrogen-bond acceptors (Lipinski definition) is 4. The number of rotatable bonds is 4. The van der Waals surface area contributed by atoms with Crippen LogP contribution in [0, 0.1) is 0 Å². The van der Waals surface area contributed by atoms with Crippen LogP contribution in [0.1, 0.15) is 0 Å². The van der Waals surface area contributed by atoms with Crippen molar-refractivity contribution in [1.82, 2.24) is 4.98 Å². The summed E-state index contributed by atoms with van der Waals surface area (Å²) in [4.78, 5) is 4.28. The monoisotopic (exact) mass is 253 g/mol. The quantitative estimate of drug-likeness (QED) is 0.908. The van der Waals surface area contributed by atoms with E-state index < -0.39 is 0 Å². The minimum absolute atomic E-state index is 0.0601. The van der Waals surface area contributed by atoms with Gasteiger partial charge in [0.05, 0.1) is 24.3 Å². The van der Waals surface area contributed by atoms with Crippen LogP contribution in [-0.4, -0.2) is 30.4 Å². The van der Waals surface area contributed by atoms with Crippen molar-refractivity contribution in [1.29, 1.82) is 0 Å². The zero-order chi connectivity index (χ0) is 12.3. The highest BCUT2D eigenvalue weighted by Crippen LogP contribution is 2.28. The van der Waals surface area contributed by atoms with Gasteiger partial charge in [-0.1, -0.05) is 11.6 Å². The average Bonchev–Trinajstić information content (AvgIpc) is 2.35.